The zero-order valence-corrected chi connectivity index (χ0v) is 10.3. The molecular formula is C12H19NO4. The number of piperidine rings is 1. The van der Waals surface area contributed by atoms with Crippen LogP contribution in [0.2, 0.25) is 0 Å². The predicted molar refractivity (Wildman–Crippen MR) is 60.5 cm³/mol. The van der Waals surface area contributed by atoms with Gasteiger partial charge in [-0.15, -0.1) is 0 Å². The molecule has 3 atom stereocenters. The van der Waals surface area contributed by atoms with Gasteiger partial charge in [0.15, 0.2) is 0 Å². The predicted octanol–water partition coefficient (Wildman–Crippen LogP) is 1.70. The molecule has 0 N–H and O–H groups in total. The highest BCUT2D eigenvalue weighted by Gasteiger charge is 2.46. The van der Waals surface area contributed by atoms with E-state index in [0.29, 0.717) is 0 Å². The normalized spacial score (nSPS) is 32.0. The molecule has 0 aromatic rings. The van der Waals surface area contributed by atoms with Gasteiger partial charge in [0.2, 0.25) is 0 Å². The maximum Gasteiger partial charge on any atom is 0.410 e. The SMILES string of the molecule is CC[C@H]1OC(=O)N2[C@H](CC(=O)OC)CCC[C@H]12. The molecule has 2 saturated heterocycles. The summed E-state index contributed by atoms with van der Waals surface area (Å²) in [5.74, 6) is -0.261. The average Bonchev–Trinajstić information content (AvgIpc) is 2.67. The van der Waals surface area contributed by atoms with Crippen molar-refractivity contribution in [1.82, 2.24) is 4.90 Å². The van der Waals surface area contributed by atoms with Crippen molar-refractivity contribution in [3.63, 3.8) is 0 Å². The van der Waals surface area contributed by atoms with E-state index in [1.165, 1.54) is 7.11 Å². The van der Waals surface area contributed by atoms with Gasteiger partial charge >= 0.3 is 12.1 Å². The van der Waals surface area contributed by atoms with Crippen LogP contribution < -0.4 is 0 Å². The van der Waals surface area contributed by atoms with E-state index >= 15 is 0 Å². The number of amides is 1. The van der Waals surface area contributed by atoms with Crippen molar-refractivity contribution in [3.05, 3.63) is 0 Å². The largest absolute Gasteiger partial charge is 0.469 e. The Balaban J connectivity index is 2.09. The van der Waals surface area contributed by atoms with Crippen molar-refractivity contribution in [2.45, 2.75) is 57.2 Å². The van der Waals surface area contributed by atoms with Gasteiger partial charge in [0, 0.05) is 6.04 Å². The standard InChI is InChI=1S/C12H19NO4/c1-3-10-9-6-4-5-8(7-11(14)16-2)13(9)12(15)17-10/h8-10H,3-7H2,1-2H3/t8-,9+,10+/m0/s1. The van der Waals surface area contributed by atoms with Gasteiger partial charge in [0.1, 0.15) is 6.10 Å². The van der Waals surface area contributed by atoms with Gasteiger partial charge in [-0.3, -0.25) is 9.69 Å². The molecule has 2 fully saturated rings. The van der Waals surface area contributed by atoms with E-state index in [2.05, 4.69) is 4.74 Å². The van der Waals surface area contributed by atoms with Gasteiger partial charge in [0.05, 0.1) is 19.6 Å². The summed E-state index contributed by atoms with van der Waals surface area (Å²) in [6.45, 7) is 2.02. The van der Waals surface area contributed by atoms with Crippen molar-refractivity contribution < 1.29 is 19.1 Å². The molecular weight excluding hydrogens is 222 g/mol. The van der Waals surface area contributed by atoms with E-state index in [0.717, 1.165) is 25.7 Å². The molecule has 2 rings (SSSR count). The summed E-state index contributed by atoms with van der Waals surface area (Å²) >= 11 is 0. The minimum Gasteiger partial charge on any atom is -0.469 e. The van der Waals surface area contributed by atoms with Crippen LogP contribution >= 0.6 is 0 Å². The summed E-state index contributed by atoms with van der Waals surface area (Å²) in [4.78, 5) is 24.9. The highest BCUT2D eigenvalue weighted by atomic mass is 16.6. The molecule has 0 unspecified atom stereocenters. The van der Waals surface area contributed by atoms with Crippen LogP contribution in [0.4, 0.5) is 4.79 Å². The second-order valence-electron chi connectivity index (χ2n) is 4.67. The number of nitrogens with zero attached hydrogens (tertiary/aromatic N) is 1. The number of cyclic esters (lactones) is 1. The van der Waals surface area contributed by atoms with Crippen molar-refractivity contribution >= 4 is 12.1 Å². The zero-order valence-electron chi connectivity index (χ0n) is 10.3. The minimum absolute atomic E-state index is 0.0112. The Morgan fingerprint density at radius 3 is 2.94 bits per heavy atom. The second-order valence-corrected chi connectivity index (χ2v) is 4.67. The van der Waals surface area contributed by atoms with Crippen LogP contribution in [0, 0.1) is 0 Å². The Bertz CT molecular complexity index is 318. The molecule has 2 aliphatic rings. The Morgan fingerprint density at radius 1 is 1.53 bits per heavy atom. The Hall–Kier alpha value is -1.26. The third-order valence-electron chi connectivity index (χ3n) is 3.71. The van der Waals surface area contributed by atoms with Crippen molar-refractivity contribution in [2.24, 2.45) is 0 Å². The van der Waals surface area contributed by atoms with Crippen LogP contribution in [0.1, 0.15) is 39.0 Å². The number of carbonyl (C=O) groups excluding carboxylic acids is 2. The van der Waals surface area contributed by atoms with Crippen LogP contribution in [-0.2, 0) is 14.3 Å². The van der Waals surface area contributed by atoms with E-state index in [1.807, 2.05) is 6.92 Å². The number of hydrogen-bond acceptors (Lipinski definition) is 4. The molecule has 2 aliphatic heterocycles. The molecule has 0 spiro atoms. The van der Waals surface area contributed by atoms with Crippen LogP contribution in [0.15, 0.2) is 0 Å². The zero-order chi connectivity index (χ0) is 12.4. The van der Waals surface area contributed by atoms with Crippen LogP contribution in [0.3, 0.4) is 0 Å². The highest BCUT2D eigenvalue weighted by molar-refractivity contribution is 5.74. The molecule has 2 heterocycles. The Labute approximate surface area is 101 Å². The average molecular weight is 241 g/mol. The van der Waals surface area contributed by atoms with Crippen LogP contribution in [-0.4, -0.2) is 42.3 Å². The molecule has 0 radical (unpaired) electrons. The summed E-state index contributed by atoms with van der Waals surface area (Å²) in [5, 5.41) is 0. The fraction of sp³-hybridized carbons (Fsp3) is 0.833. The summed E-state index contributed by atoms with van der Waals surface area (Å²) in [5.41, 5.74) is 0. The van der Waals surface area contributed by atoms with Crippen molar-refractivity contribution in [3.8, 4) is 0 Å². The quantitative estimate of drug-likeness (QED) is 0.706. The number of esters is 1. The monoisotopic (exact) mass is 241 g/mol. The minimum atomic E-state index is -0.268. The van der Waals surface area contributed by atoms with Gasteiger partial charge in [-0.1, -0.05) is 6.92 Å². The summed E-state index contributed by atoms with van der Waals surface area (Å²) < 4.78 is 10.0. The fourth-order valence-electron chi connectivity index (χ4n) is 2.86. The highest BCUT2D eigenvalue weighted by Crippen LogP contribution is 2.34. The maximum atomic E-state index is 11.8. The van der Waals surface area contributed by atoms with Crippen molar-refractivity contribution in [2.75, 3.05) is 7.11 Å². The molecule has 0 aromatic carbocycles. The topological polar surface area (TPSA) is 55.8 Å². The molecule has 96 valence electrons. The summed E-state index contributed by atoms with van der Waals surface area (Å²) in [7, 11) is 1.37. The molecule has 0 bridgehead atoms. The van der Waals surface area contributed by atoms with Crippen LogP contribution in [0.25, 0.3) is 0 Å². The van der Waals surface area contributed by atoms with E-state index in [1.54, 1.807) is 4.90 Å². The first-order valence-corrected chi connectivity index (χ1v) is 6.23. The number of methoxy groups -OCH3 is 1. The molecule has 17 heavy (non-hydrogen) atoms. The smallest absolute Gasteiger partial charge is 0.410 e. The Kier molecular flexibility index (Phi) is 3.54. The summed E-state index contributed by atoms with van der Waals surface area (Å²) in [6.07, 6.45) is 3.70. The van der Waals surface area contributed by atoms with Gasteiger partial charge < -0.3 is 9.47 Å². The van der Waals surface area contributed by atoms with Gasteiger partial charge in [-0.2, -0.15) is 0 Å². The number of fused-ring (bicyclic) bond motifs is 1. The lowest BCUT2D eigenvalue weighted by Gasteiger charge is -2.35. The first-order chi connectivity index (χ1) is 8.17. The lowest BCUT2D eigenvalue weighted by Crippen LogP contribution is -2.48. The number of carbonyl (C=O) groups is 2. The lowest BCUT2D eigenvalue weighted by atomic mass is 9.91. The molecule has 5 nitrogen and oxygen atoms in total. The van der Waals surface area contributed by atoms with Crippen LogP contribution in [0.5, 0.6) is 0 Å². The Morgan fingerprint density at radius 2 is 2.29 bits per heavy atom. The number of ether oxygens (including phenoxy) is 2. The molecule has 5 heteroatoms. The third kappa shape index (κ3) is 2.23. The third-order valence-corrected chi connectivity index (χ3v) is 3.71. The van der Waals surface area contributed by atoms with E-state index < -0.39 is 0 Å². The first-order valence-electron chi connectivity index (χ1n) is 6.23. The van der Waals surface area contributed by atoms with Crippen molar-refractivity contribution in [1.29, 1.82) is 0 Å². The second kappa shape index (κ2) is 4.94. The molecule has 1 amide bonds. The molecule has 0 aliphatic carbocycles. The van der Waals surface area contributed by atoms with Gasteiger partial charge in [0.25, 0.3) is 0 Å². The van der Waals surface area contributed by atoms with Gasteiger partial charge in [-0.05, 0) is 25.7 Å². The van der Waals surface area contributed by atoms with E-state index in [9.17, 15) is 9.59 Å². The summed E-state index contributed by atoms with van der Waals surface area (Å²) in [6, 6.07) is 0.0983. The van der Waals surface area contributed by atoms with Gasteiger partial charge in [-0.25, -0.2) is 4.79 Å². The number of rotatable bonds is 3. The lowest BCUT2D eigenvalue weighted by molar-refractivity contribution is -0.142. The van der Waals surface area contributed by atoms with E-state index in [-0.39, 0.29) is 36.7 Å². The maximum absolute atomic E-state index is 11.8. The number of hydrogen-bond donors (Lipinski definition) is 0. The molecule has 0 aromatic heterocycles. The fourth-order valence-corrected chi connectivity index (χ4v) is 2.86. The molecule has 0 saturated carbocycles. The first kappa shape index (κ1) is 12.2. The van der Waals surface area contributed by atoms with E-state index in [4.69, 9.17) is 4.74 Å².